The Morgan fingerprint density at radius 3 is 2.26 bits per heavy atom. The number of carboxylic acid groups (broad SMARTS) is 1. The van der Waals surface area contributed by atoms with E-state index in [4.69, 9.17) is 14.6 Å². The van der Waals surface area contributed by atoms with Crippen LogP contribution in [0.2, 0.25) is 0 Å². The van der Waals surface area contributed by atoms with Gasteiger partial charge in [-0.25, -0.2) is 14.5 Å². The van der Waals surface area contributed by atoms with Gasteiger partial charge < -0.3 is 14.6 Å². The molecule has 2 N–H and O–H groups in total. The average molecular weight is 424 g/mol. The van der Waals surface area contributed by atoms with Gasteiger partial charge in [0.25, 0.3) is 11.8 Å². The van der Waals surface area contributed by atoms with Crippen LogP contribution in [0.4, 0.5) is 10.5 Å². The lowest BCUT2D eigenvalue weighted by atomic mass is 10.1. The van der Waals surface area contributed by atoms with Crippen molar-refractivity contribution >= 4 is 35.6 Å². The van der Waals surface area contributed by atoms with Gasteiger partial charge in [0.15, 0.2) is 6.10 Å². The first-order valence-electron chi connectivity index (χ1n) is 9.44. The predicted molar refractivity (Wildman–Crippen MR) is 111 cm³/mol. The number of ether oxygens (including phenoxy) is 2. The summed E-state index contributed by atoms with van der Waals surface area (Å²) in [5.74, 6) is -1.77. The molecule has 1 aliphatic heterocycles. The molecule has 0 spiro atoms. The number of amides is 4. The molecule has 0 radical (unpaired) electrons. The van der Waals surface area contributed by atoms with Gasteiger partial charge in [-0.2, -0.15) is 0 Å². The molecule has 0 saturated carbocycles. The highest BCUT2D eigenvalue weighted by atomic mass is 16.5. The molecule has 9 nitrogen and oxygen atoms in total. The number of hydrogen-bond acceptors (Lipinski definition) is 6. The van der Waals surface area contributed by atoms with Gasteiger partial charge in [-0.1, -0.05) is 12.1 Å². The Morgan fingerprint density at radius 1 is 1.06 bits per heavy atom. The van der Waals surface area contributed by atoms with Gasteiger partial charge in [0.05, 0.1) is 12.3 Å². The predicted octanol–water partition coefficient (Wildman–Crippen LogP) is 2.60. The molecule has 9 heteroatoms. The third-order valence-electron chi connectivity index (χ3n) is 4.36. The maximum Gasteiger partial charge on any atom is 0.344 e. The number of nitrogens with one attached hydrogen (secondary N) is 1. The molecule has 2 aromatic carbocycles. The molecule has 0 aromatic heterocycles. The monoisotopic (exact) mass is 424 g/mol. The van der Waals surface area contributed by atoms with Crippen molar-refractivity contribution < 1.29 is 33.8 Å². The van der Waals surface area contributed by atoms with Crippen molar-refractivity contribution in [3.63, 3.8) is 0 Å². The van der Waals surface area contributed by atoms with Crippen molar-refractivity contribution in [3.8, 4) is 11.5 Å². The van der Waals surface area contributed by atoms with Crippen molar-refractivity contribution in [1.82, 2.24) is 5.32 Å². The van der Waals surface area contributed by atoms with Gasteiger partial charge in [0.2, 0.25) is 0 Å². The smallest absolute Gasteiger partial charge is 0.344 e. The Kier molecular flexibility index (Phi) is 6.35. The number of rotatable bonds is 7. The largest absolute Gasteiger partial charge is 0.494 e. The fraction of sp³-hybridized carbons (Fsp3) is 0.182. The lowest BCUT2D eigenvalue weighted by Crippen LogP contribution is -2.54. The molecule has 3 rings (SSSR count). The Morgan fingerprint density at radius 2 is 1.68 bits per heavy atom. The topological polar surface area (TPSA) is 122 Å². The highest BCUT2D eigenvalue weighted by Gasteiger charge is 2.36. The first kappa shape index (κ1) is 21.6. The number of nitrogens with zero attached hydrogens (tertiary/aromatic N) is 1. The van der Waals surface area contributed by atoms with Crippen molar-refractivity contribution in [1.29, 1.82) is 0 Å². The molecule has 1 heterocycles. The quantitative estimate of drug-likeness (QED) is 0.517. The minimum absolute atomic E-state index is 0.221. The number of aliphatic carboxylic acids is 1. The van der Waals surface area contributed by atoms with Gasteiger partial charge in [-0.15, -0.1) is 0 Å². The van der Waals surface area contributed by atoms with E-state index in [1.54, 1.807) is 36.4 Å². The van der Waals surface area contributed by atoms with E-state index in [1.165, 1.54) is 25.1 Å². The molecule has 4 amide bonds. The maximum atomic E-state index is 12.9. The van der Waals surface area contributed by atoms with Crippen LogP contribution < -0.4 is 19.7 Å². The second-order valence-electron chi connectivity index (χ2n) is 6.55. The molecule has 1 aliphatic rings. The summed E-state index contributed by atoms with van der Waals surface area (Å²) in [6.45, 7) is 3.71. The molecule has 0 bridgehead atoms. The molecule has 1 saturated heterocycles. The van der Waals surface area contributed by atoms with Gasteiger partial charge in [-0.05, 0) is 61.9 Å². The number of carbonyl (C=O) groups excluding carboxylic acids is 3. The number of benzene rings is 2. The van der Waals surface area contributed by atoms with E-state index < -0.39 is 29.9 Å². The fourth-order valence-electron chi connectivity index (χ4n) is 2.81. The first-order valence-corrected chi connectivity index (χ1v) is 9.44. The first-order chi connectivity index (χ1) is 14.8. The number of hydrogen-bond donors (Lipinski definition) is 2. The summed E-state index contributed by atoms with van der Waals surface area (Å²) in [4.78, 5) is 49.2. The van der Waals surface area contributed by atoms with E-state index in [1.807, 2.05) is 6.92 Å². The second kappa shape index (κ2) is 9.12. The van der Waals surface area contributed by atoms with Crippen molar-refractivity contribution in [2.24, 2.45) is 0 Å². The van der Waals surface area contributed by atoms with Crippen LogP contribution in [0.5, 0.6) is 11.5 Å². The van der Waals surface area contributed by atoms with E-state index in [-0.39, 0.29) is 11.3 Å². The second-order valence-corrected chi connectivity index (χ2v) is 6.55. The maximum absolute atomic E-state index is 12.9. The molecule has 160 valence electrons. The van der Waals surface area contributed by atoms with Gasteiger partial charge in [0.1, 0.15) is 17.1 Å². The number of anilines is 1. The van der Waals surface area contributed by atoms with Crippen LogP contribution in [-0.2, 0) is 14.4 Å². The normalized spacial score (nSPS) is 16.1. The lowest BCUT2D eigenvalue weighted by molar-refractivity contribution is -0.144. The van der Waals surface area contributed by atoms with Crippen LogP contribution in [-0.4, -0.2) is 41.6 Å². The van der Waals surface area contributed by atoms with E-state index in [2.05, 4.69) is 5.32 Å². The van der Waals surface area contributed by atoms with Crippen LogP contribution in [0.25, 0.3) is 6.08 Å². The molecule has 0 aliphatic carbocycles. The summed E-state index contributed by atoms with van der Waals surface area (Å²) in [7, 11) is 0. The Labute approximate surface area is 177 Å². The fourth-order valence-corrected chi connectivity index (χ4v) is 2.81. The number of carboxylic acids is 1. The summed E-state index contributed by atoms with van der Waals surface area (Å²) in [5.41, 5.74) is 0.562. The summed E-state index contributed by atoms with van der Waals surface area (Å²) < 4.78 is 10.6. The standard InChI is InChI=1S/C22H20N2O7/c1-3-30-16-10-6-15(7-11-16)24-20(26)18(19(25)23-22(24)29)12-14-4-8-17(9-5-14)31-13(2)21(27)28/h4-13H,3H2,1-2H3,(H,27,28)(H,23,25,29)/b18-12+/t13-/m0/s1. The van der Waals surface area contributed by atoms with Crippen LogP contribution in [0.1, 0.15) is 19.4 Å². The molecular weight excluding hydrogens is 404 g/mol. The van der Waals surface area contributed by atoms with Crippen LogP contribution in [0.3, 0.4) is 0 Å². The minimum atomic E-state index is -1.10. The molecule has 2 aromatic rings. The van der Waals surface area contributed by atoms with E-state index in [9.17, 15) is 19.2 Å². The minimum Gasteiger partial charge on any atom is -0.494 e. The molecule has 1 atom stereocenters. The third kappa shape index (κ3) is 4.89. The zero-order chi connectivity index (χ0) is 22.5. The van der Waals surface area contributed by atoms with Gasteiger partial charge in [0, 0.05) is 0 Å². The van der Waals surface area contributed by atoms with E-state index in [0.717, 1.165) is 4.90 Å². The zero-order valence-corrected chi connectivity index (χ0v) is 16.8. The van der Waals surface area contributed by atoms with E-state index in [0.29, 0.717) is 23.7 Å². The number of carbonyl (C=O) groups is 4. The van der Waals surface area contributed by atoms with Crippen molar-refractivity contribution in [2.75, 3.05) is 11.5 Å². The Bertz CT molecular complexity index is 1040. The number of urea groups is 1. The Balaban J connectivity index is 1.84. The SMILES string of the molecule is CCOc1ccc(N2C(=O)NC(=O)/C(=C\c3ccc(O[C@@H](C)C(=O)O)cc3)C2=O)cc1. The summed E-state index contributed by atoms with van der Waals surface area (Å²) >= 11 is 0. The summed E-state index contributed by atoms with van der Waals surface area (Å²) in [6, 6.07) is 11.7. The highest BCUT2D eigenvalue weighted by Crippen LogP contribution is 2.25. The Hall–Kier alpha value is -4.14. The highest BCUT2D eigenvalue weighted by molar-refractivity contribution is 6.39. The third-order valence-corrected chi connectivity index (χ3v) is 4.36. The van der Waals surface area contributed by atoms with Crippen molar-refractivity contribution in [2.45, 2.75) is 20.0 Å². The molecule has 0 unspecified atom stereocenters. The number of barbiturate groups is 1. The molecular formula is C22H20N2O7. The van der Waals surface area contributed by atoms with E-state index >= 15 is 0 Å². The van der Waals surface area contributed by atoms with Crippen LogP contribution >= 0.6 is 0 Å². The summed E-state index contributed by atoms with van der Waals surface area (Å²) in [5, 5.41) is 11.1. The summed E-state index contributed by atoms with van der Waals surface area (Å²) in [6.07, 6.45) is 0.319. The van der Waals surface area contributed by atoms with Crippen molar-refractivity contribution in [3.05, 3.63) is 59.7 Å². The average Bonchev–Trinajstić information content (AvgIpc) is 2.73. The lowest BCUT2D eigenvalue weighted by Gasteiger charge is -2.26. The van der Waals surface area contributed by atoms with Crippen LogP contribution in [0.15, 0.2) is 54.1 Å². The van der Waals surface area contributed by atoms with Gasteiger partial charge >= 0.3 is 12.0 Å². The van der Waals surface area contributed by atoms with Gasteiger partial charge in [-0.3, -0.25) is 14.9 Å². The molecule has 1 fully saturated rings. The van der Waals surface area contributed by atoms with Crippen LogP contribution in [0, 0.1) is 0 Å². The number of imide groups is 2. The molecule has 31 heavy (non-hydrogen) atoms. The zero-order valence-electron chi connectivity index (χ0n) is 16.8.